The molecular formula is C11H13FN2O3. The van der Waals surface area contributed by atoms with Crippen molar-refractivity contribution in [1.29, 1.82) is 0 Å². The Kier molecular flexibility index (Phi) is 3.55. The summed E-state index contributed by atoms with van der Waals surface area (Å²) in [5.74, 6) is -0.822. The lowest BCUT2D eigenvalue weighted by molar-refractivity contribution is -0.144. The number of benzene rings is 1. The molecule has 6 heteroatoms. The smallest absolute Gasteiger partial charge is 0.250 e. The molecule has 0 saturated carbocycles. The average Bonchev–Trinajstić information content (AvgIpc) is 2.21. The third-order valence-electron chi connectivity index (χ3n) is 2.35. The zero-order chi connectivity index (χ0) is 12.3. The third kappa shape index (κ3) is 3.15. The maximum absolute atomic E-state index is 12.9. The van der Waals surface area contributed by atoms with E-state index in [1.54, 1.807) is 0 Å². The summed E-state index contributed by atoms with van der Waals surface area (Å²) in [6.45, 7) is 0.925. The second-order valence-corrected chi connectivity index (χ2v) is 3.75. The van der Waals surface area contributed by atoms with E-state index in [0.29, 0.717) is 18.9 Å². The van der Waals surface area contributed by atoms with Gasteiger partial charge in [0.25, 0.3) is 0 Å². The van der Waals surface area contributed by atoms with Crippen molar-refractivity contribution in [1.82, 2.24) is 0 Å². The fourth-order valence-corrected chi connectivity index (χ4v) is 1.33. The van der Waals surface area contributed by atoms with E-state index in [1.807, 2.05) is 0 Å². The van der Waals surface area contributed by atoms with Crippen molar-refractivity contribution < 1.29 is 18.7 Å². The number of amides is 1. The van der Waals surface area contributed by atoms with Crippen LogP contribution in [0.3, 0.4) is 0 Å². The molecule has 1 aliphatic heterocycles. The van der Waals surface area contributed by atoms with Gasteiger partial charge in [0, 0.05) is 0 Å². The lowest BCUT2D eigenvalue weighted by Gasteiger charge is -2.25. The number of rotatable bonds is 4. The van der Waals surface area contributed by atoms with Crippen LogP contribution in [0.2, 0.25) is 0 Å². The lowest BCUT2D eigenvalue weighted by Crippen LogP contribution is -2.38. The van der Waals surface area contributed by atoms with Gasteiger partial charge in [-0.05, 0) is 18.2 Å². The molecule has 0 aromatic heterocycles. The lowest BCUT2D eigenvalue weighted by atomic mass is 10.2. The summed E-state index contributed by atoms with van der Waals surface area (Å²) < 4.78 is 23.0. The van der Waals surface area contributed by atoms with Gasteiger partial charge in [0.2, 0.25) is 5.91 Å². The number of anilines is 2. The molecule has 1 aromatic carbocycles. The number of hydrogen-bond acceptors (Lipinski definition) is 4. The van der Waals surface area contributed by atoms with E-state index in [4.69, 9.17) is 15.2 Å². The maximum atomic E-state index is 12.9. The van der Waals surface area contributed by atoms with Crippen LogP contribution in [0.15, 0.2) is 18.2 Å². The van der Waals surface area contributed by atoms with Crippen LogP contribution in [0.5, 0.6) is 0 Å². The van der Waals surface area contributed by atoms with Crippen LogP contribution in [0.25, 0.3) is 0 Å². The van der Waals surface area contributed by atoms with E-state index in [0.717, 1.165) is 0 Å². The fourth-order valence-electron chi connectivity index (χ4n) is 1.33. The van der Waals surface area contributed by atoms with Crippen molar-refractivity contribution in [3.63, 3.8) is 0 Å². The van der Waals surface area contributed by atoms with Crippen LogP contribution in [-0.2, 0) is 14.3 Å². The van der Waals surface area contributed by atoms with Gasteiger partial charge < -0.3 is 20.5 Å². The standard InChI is InChI=1S/C11H13FN2O3/c12-7-1-2-9(13)10(3-7)14-11(15)6-17-8-4-16-5-8/h1-3,8H,4-6,13H2,(H,14,15). The first-order valence-corrected chi connectivity index (χ1v) is 5.19. The molecule has 1 heterocycles. The molecule has 17 heavy (non-hydrogen) atoms. The first kappa shape index (κ1) is 11.8. The van der Waals surface area contributed by atoms with Crippen LogP contribution in [0, 0.1) is 5.82 Å². The van der Waals surface area contributed by atoms with Gasteiger partial charge in [0.05, 0.1) is 24.6 Å². The molecule has 0 unspecified atom stereocenters. The van der Waals surface area contributed by atoms with Crippen molar-refractivity contribution in [2.75, 3.05) is 30.9 Å². The largest absolute Gasteiger partial charge is 0.397 e. The molecule has 0 radical (unpaired) electrons. The highest BCUT2D eigenvalue weighted by Gasteiger charge is 2.20. The second kappa shape index (κ2) is 5.11. The number of carbonyl (C=O) groups is 1. The summed E-state index contributed by atoms with van der Waals surface area (Å²) in [5, 5.41) is 2.48. The molecule has 0 bridgehead atoms. The number of hydrogen-bond donors (Lipinski definition) is 2. The van der Waals surface area contributed by atoms with E-state index in [2.05, 4.69) is 5.32 Å². The van der Waals surface area contributed by atoms with Crippen LogP contribution in [0.1, 0.15) is 0 Å². The zero-order valence-electron chi connectivity index (χ0n) is 9.11. The highest BCUT2D eigenvalue weighted by molar-refractivity contribution is 5.94. The number of nitrogen functional groups attached to an aromatic ring is 1. The molecule has 1 saturated heterocycles. The summed E-state index contributed by atoms with van der Waals surface area (Å²) in [6.07, 6.45) is -0.0226. The van der Waals surface area contributed by atoms with Crippen LogP contribution in [0.4, 0.5) is 15.8 Å². The highest BCUT2D eigenvalue weighted by atomic mass is 19.1. The zero-order valence-corrected chi connectivity index (χ0v) is 9.11. The number of carbonyl (C=O) groups excluding carboxylic acids is 1. The quantitative estimate of drug-likeness (QED) is 0.762. The first-order chi connectivity index (χ1) is 8.15. The van der Waals surface area contributed by atoms with Crippen molar-refractivity contribution in [2.45, 2.75) is 6.10 Å². The van der Waals surface area contributed by atoms with Gasteiger partial charge >= 0.3 is 0 Å². The van der Waals surface area contributed by atoms with E-state index in [-0.39, 0.29) is 24.3 Å². The summed E-state index contributed by atoms with van der Waals surface area (Å²) in [6, 6.07) is 3.79. The molecule has 1 fully saturated rings. The number of ether oxygens (including phenoxy) is 2. The minimum atomic E-state index is -0.456. The molecule has 92 valence electrons. The SMILES string of the molecule is Nc1ccc(F)cc1NC(=O)COC1COC1. The fraction of sp³-hybridized carbons (Fsp3) is 0.364. The Hall–Kier alpha value is -1.66. The Morgan fingerprint density at radius 1 is 1.59 bits per heavy atom. The maximum Gasteiger partial charge on any atom is 0.250 e. The molecular weight excluding hydrogens is 227 g/mol. The summed E-state index contributed by atoms with van der Waals surface area (Å²) in [7, 11) is 0. The van der Waals surface area contributed by atoms with Crippen LogP contribution in [-0.4, -0.2) is 31.8 Å². The second-order valence-electron chi connectivity index (χ2n) is 3.75. The Labute approximate surface area is 97.7 Å². The van der Waals surface area contributed by atoms with Gasteiger partial charge in [-0.2, -0.15) is 0 Å². The Balaban J connectivity index is 1.86. The number of nitrogens with two attached hydrogens (primary N) is 1. The van der Waals surface area contributed by atoms with Gasteiger partial charge in [-0.15, -0.1) is 0 Å². The normalized spacial score (nSPS) is 15.4. The first-order valence-electron chi connectivity index (χ1n) is 5.19. The summed E-state index contributed by atoms with van der Waals surface area (Å²) >= 11 is 0. The molecule has 0 atom stereocenters. The predicted molar refractivity (Wildman–Crippen MR) is 60.0 cm³/mol. The van der Waals surface area contributed by atoms with Gasteiger partial charge in [0.1, 0.15) is 18.5 Å². The Morgan fingerprint density at radius 2 is 2.35 bits per heavy atom. The molecule has 0 aliphatic carbocycles. The monoisotopic (exact) mass is 240 g/mol. The third-order valence-corrected chi connectivity index (χ3v) is 2.35. The molecule has 0 spiro atoms. The molecule has 5 nitrogen and oxygen atoms in total. The minimum Gasteiger partial charge on any atom is -0.397 e. The van der Waals surface area contributed by atoms with Crippen molar-refractivity contribution in [3.05, 3.63) is 24.0 Å². The molecule has 1 aromatic rings. The topological polar surface area (TPSA) is 73.6 Å². The van der Waals surface area contributed by atoms with Gasteiger partial charge in [-0.3, -0.25) is 4.79 Å². The van der Waals surface area contributed by atoms with Gasteiger partial charge in [0.15, 0.2) is 0 Å². The molecule has 1 amide bonds. The van der Waals surface area contributed by atoms with Crippen molar-refractivity contribution >= 4 is 17.3 Å². The molecule has 3 N–H and O–H groups in total. The number of nitrogens with one attached hydrogen (secondary N) is 1. The van der Waals surface area contributed by atoms with Gasteiger partial charge in [-0.1, -0.05) is 0 Å². The average molecular weight is 240 g/mol. The van der Waals surface area contributed by atoms with Crippen LogP contribution >= 0.6 is 0 Å². The molecule has 1 aliphatic rings. The van der Waals surface area contributed by atoms with E-state index >= 15 is 0 Å². The van der Waals surface area contributed by atoms with E-state index < -0.39 is 5.82 Å². The van der Waals surface area contributed by atoms with Crippen molar-refractivity contribution in [2.24, 2.45) is 0 Å². The number of halogens is 1. The molecule has 2 rings (SSSR count). The van der Waals surface area contributed by atoms with E-state index in [9.17, 15) is 9.18 Å². The minimum absolute atomic E-state index is 0.0226. The highest BCUT2D eigenvalue weighted by Crippen LogP contribution is 2.19. The van der Waals surface area contributed by atoms with Crippen molar-refractivity contribution in [3.8, 4) is 0 Å². The van der Waals surface area contributed by atoms with E-state index in [1.165, 1.54) is 18.2 Å². The predicted octanol–water partition coefficient (Wildman–Crippen LogP) is 0.762. The van der Waals surface area contributed by atoms with Crippen LogP contribution < -0.4 is 11.1 Å². The summed E-state index contributed by atoms with van der Waals surface area (Å²) in [4.78, 5) is 11.5. The summed E-state index contributed by atoms with van der Waals surface area (Å²) in [5.41, 5.74) is 6.15. The van der Waals surface area contributed by atoms with Gasteiger partial charge in [-0.25, -0.2) is 4.39 Å². The Morgan fingerprint density at radius 3 is 3.00 bits per heavy atom. The Bertz CT molecular complexity index is 421.